The molecule has 0 radical (unpaired) electrons. The highest BCUT2D eigenvalue weighted by atomic mass is 32.2. The lowest BCUT2D eigenvalue weighted by molar-refractivity contribution is 0.0602. The number of methoxy groups -OCH3 is 1. The molecule has 0 amide bonds. The zero-order valence-electron chi connectivity index (χ0n) is 9.84. The zero-order valence-corrected chi connectivity index (χ0v) is 11.5. The van der Waals surface area contributed by atoms with Crippen LogP contribution in [-0.4, -0.2) is 13.1 Å². The van der Waals surface area contributed by atoms with Gasteiger partial charge in [0.15, 0.2) is 0 Å². The smallest absolute Gasteiger partial charge is 0.340 e. The van der Waals surface area contributed by atoms with E-state index in [0.29, 0.717) is 10.6 Å². The van der Waals surface area contributed by atoms with Gasteiger partial charge in [0.2, 0.25) is 0 Å². The number of rotatable bonds is 5. The highest BCUT2D eigenvalue weighted by Gasteiger charge is 2.14. The van der Waals surface area contributed by atoms with Crippen molar-refractivity contribution in [1.82, 2.24) is 0 Å². The molecule has 0 spiro atoms. The fraction of sp³-hybridized carbons (Fsp3) is 0.250. The summed E-state index contributed by atoms with van der Waals surface area (Å²) >= 11 is 3.14. The van der Waals surface area contributed by atoms with Crippen molar-refractivity contribution in [3.05, 3.63) is 40.7 Å². The summed E-state index contributed by atoms with van der Waals surface area (Å²) in [5, 5.41) is 0.510. The number of carbonyl (C=O) groups excluding carboxylic acids is 1. The molecule has 2 rings (SSSR count). The molecule has 2 heterocycles. The average molecular weight is 283 g/mol. The van der Waals surface area contributed by atoms with Gasteiger partial charge >= 0.3 is 5.97 Å². The summed E-state index contributed by atoms with van der Waals surface area (Å²) in [5.41, 5.74) is 6.23. The minimum Gasteiger partial charge on any atom is -0.468 e. The summed E-state index contributed by atoms with van der Waals surface area (Å²) in [5.74, 6) is 2.16. The average Bonchev–Trinajstić information content (AvgIpc) is 2.98. The third-order valence-corrected chi connectivity index (χ3v) is 4.44. The number of ether oxygens (including phenoxy) is 1. The first-order valence-electron chi connectivity index (χ1n) is 5.27. The highest BCUT2D eigenvalue weighted by Crippen LogP contribution is 2.29. The second-order valence-corrected chi connectivity index (χ2v) is 5.71. The van der Waals surface area contributed by atoms with Crippen molar-refractivity contribution in [2.75, 3.05) is 12.8 Å². The molecule has 2 N–H and O–H groups in total. The van der Waals surface area contributed by atoms with Crippen LogP contribution in [0.1, 0.15) is 21.0 Å². The van der Waals surface area contributed by atoms with Crippen LogP contribution in [0.5, 0.6) is 0 Å². The molecular weight excluding hydrogens is 270 g/mol. The Bertz CT molecular complexity index is 519. The Balaban J connectivity index is 1.92. The van der Waals surface area contributed by atoms with Crippen LogP contribution >= 0.6 is 23.1 Å². The molecule has 4 nitrogen and oxygen atoms in total. The number of hydrogen-bond donors (Lipinski definition) is 1. The quantitative estimate of drug-likeness (QED) is 0.854. The van der Waals surface area contributed by atoms with Gasteiger partial charge in [-0.15, -0.1) is 23.1 Å². The first kappa shape index (κ1) is 13.0. The molecule has 0 aliphatic rings. The Labute approximate surface area is 113 Å². The summed E-state index contributed by atoms with van der Waals surface area (Å²) in [6.07, 6.45) is 1.66. The maximum Gasteiger partial charge on any atom is 0.340 e. The molecule has 96 valence electrons. The molecule has 0 saturated carbocycles. The molecule has 6 heteroatoms. The maximum absolute atomic E-state index is 11.4. The van der Waals surface area contributed by atoms with Gasteiger partial charge in [-0.1, -0.05) is 0 Å². The van der Waals surface area contributed by atoms with Crippen LogP contribution in [0.25, 0.3) is 0 Å². The number of esters is 1. The lowest BCUT2D eigenvalue weighted by Gasteiger charge is -1.96. The van der Waals surface area contributed by atoms with Crippen molar-refractivity contribution in [1.29, 1.82) is 0 Å². The second-order valence-electron chi connectivity index (χ2n) is 3.55. The molecule has 0 unspecified atom stereocenters. The van der Waals surface area contributed by atoms with Gasteiger partial charge in [0.1, 0.15) is 10.8 Å². The topological polar surface area (TPSA) is 65.5 Å². The fourth-order valence-electron chi connectivity index (χ4n) is 1.45. The Morgan fingerprint density at radius 2 is 2.39 bits per heavy atom. The summed E-state index contributed by atoms with van der Waals surface area (Å²) in [6.45, 7) is 0. The van der Waals surface area contributed by atoms with Gasteiger partial charge in [0.05, 0.1) is 24.7 Å². The number of thiophene rings is 1. The molecule has 2 aromatic rings. The minimum absolute atomic E-state index is 0.383. The van der Waals surface area contributed by atoms with Crippen LogP contribution in [0.2, 0.25) is 0 Å². The van der Waals surface area contributed by atoms with Gasteiger partial charge in [-0.2, -0.15) is 0 Å². The molecule has 0 atom stereocenters. The summed E-state index contributed by atoms with van der Waals surface area (Å²) < 4.78 is 9.90. The predicted octanol–water partition coefficient (Wildman–Crippen LogP) is 3.14. The van der Waals surface area contributed by atoms with E-state index in [1.54, 1.807) is 24.1 Å². The SMILES string of the molecule is COC(=O)c1cc(CSCc2ccco2)sc1N. The third-order valence-electron chi connectivity index (χ3n) is 2.29. The van der Waals surface area contributed by atoms with Crippen molar-refractivity contribution in [3.8, 4) is 0 Å². The van der Waals surface area contributed by atoms with Crippen LogP contribution in [0.4, 0.5) is 5.00 Å². The third kappa shape index (κ3) is 3.08. The lowest BCUT2D eigenvalue weighted by atomic mass is 10.3. The Morgan fingerprint density at radius 1 is 1.56 bits per heavy atom. The molecule has 0 aliphatic carbocycles. The molecule has 0 aliphatic heterocycles. The normalized spacial score (nSPS) is 10.5. The van der Waals surface area contributed by atoms with Crippen LogP contribution < -0.4 is 5.73 Å². The fourth-order valence-corrected chi connectivity index (χ4v) is 3.39. The van der Waals surface area contributed by atoms with E-state index in [4.69, 9.17) is 10.2 Å². The molecular formula is C12H13NO3S2. The number of hydrogen-bond acceptors (Lipinski definition) is 6. The van der Waals surface area contributed by atoms with E-state index in [1.807, 2.05) is 12.1 Å². The van der Waals surface area contributed by atoms with Gasteiger partial charge in [-0.05, 0) is 18.2 Å². The van der Waals surface area contributed by atoms with E-state index in [1.165, 1.54) is 18.4 Å². The largest absolute Gasteiger partial charge is 0.468 e. The Hall–Kier alpha value is -1.40. The Morgan fingerprint density at radius 3 is 3.06 bits per heavy atom. The van der Waals surface area contributed by atoms with E-state index in [-0.39, 0.29) is 5.97 Å². The van der Waals surface area contributed by atoms with Crippen LogP contribution in [0, 0.1) is 0 Å². The van der Waals surface area contributed by atoms with E-state index < -0.39 is 0 Å². The van der Waals surface area contributed by atoms with Gasteiger partial charge < -0.3 is 14.9 Å². The molecule has 0 bridgehead atoms. The standard InChI is InChI=1S/C12H13NO3S2/c1-15-12(14)10-5-9(18-11(10)13)7-17-6-8-3-2-4-16-8/h2-5H,6-7,13H2,1H3. The first-order valence-corrected chi connectivity index (χ1v) is 7.24. The van der Waals surface area contributed by atoms with Crippen LogP contribution in [0.3, 0.4) is 0 Å². The van der Waals surface area contributed by atoms with Gasteiger partial charge in [-0.3, -0.25) is 0 Å². The van der Waals surface area contributed by atoms with Crippen LogP contribution in [0.15, 0.2) is 28.9 Å². The summed E-state index contributed by atoms with van der Waals surface area (Å²) in [7, 11) is 1.35. The van der Waals surface area contributed by atoms with Gasteiger partial charge in [0.25, 0.3) is 0 Å². The summed E-state index contributed by atoms with van der Waals surface area (Å²) in [4.78, 5) is 12.5. The van der Waals surface area contributed by atoms with Crippen LogP contribution in [-0.2, 0) is 16.2 Å². The van der Waals surface area contributed by atoms with Gasteiger partial charge in [0, 0.05) is 10.6 Å². The number of carbonyl (C=O) groups is 1. The Kier molecular flexibility index (Phi) is 4.33. The monoisotopic (exact) mass is 283 g/mol. The number of thioether (sulfide) groups is 1. The second kappa shape index (κ2) is 5.97. The number of anilines is 1. The van der Waals surface area contributed by atoms with E-state index >= 15 is 0 Å². The van der Waals surface area contributed by atoms with Crippen molar-refractivity contribution >= 4 is 34.1 Å². The first-order chi connectivity index (χ1) is 8.70. The van der Waals surface area contributed by atoms with Crippen molar-refractivity contribution < 1.29 is 13.9 Å². The zero-order chi connectivity index (χ0) is 13.0. The van der Waals surface area contributed by atoms with Gasteiger partial charge in [-0.25, -0.2) is 4.79 Å². The van der Waals surface area contributed by atoms with E-state index in [9.17, 15) is 4.79 Å². The molecule has 2 aromatic heterocycles. The number of nitrogen functional groups attached to an aromatic ring is 1. The van der Waals surface area contributed by atoms with Crippen molar-refractivity contribution in [2.45, 2.75) is 11.5 Å². The highest BCUT2D eigenvalue weighted by molar-refractivity contribution is 7.97. The minimum atomic E-state index is -0.383. The molecule has 0 saturated heterocycles. The summed E-state index contributed by atoms with van der Waals surface area (Å²) in [6, 6.07) is 5.60. The number of nitrogens with two attached hydrogens (primary N) is 1. The lowest BCUT2D eigenvalue weighted by Crippen LogP contribution is -2.01. The maximum atomic E-state index is 11.4. The molecule has 0 aromatic carbocycles. The van der Waals surface area contributed by atoms with Crippen molar-refractivity contribution in [3.63, 3.8) is 0 Å². The van der Waals surface area contributed by atoms with E-state index in [0.717, 1.165) is 22.1 Å². The van der Waals surface area contributed by atoms with E-state index in [2.05, 4.69) is 4.74 Å². The predicted molar refractivity (Wildman–Crippen MR) is 73.8 cm³/mol. The molecule has 0 fully saturated rings. The number of furan rings is 1. The molecule has 18 heavy (non-hydrogen) atoms. The van der Waals surface area contributed by atoms with Crippen molar-refractivity contribution in [2.24, 2.45) is 0 Å².